The topological polar surface area (TPSA) is 50.5 Å². The van der Waals surface area contributed by atoms with E-state index >= 15 is 0 Å². The first kappa shape index (κ1) is 13.8. The van der Waals surface area contributed by atoms with Crippen molar-refractivity contribution in [3.05, 3.63) is 47.0 Å². The molecule has 0 aliphatic carbocycles. The van der Waals surface area contributed by atoms with E-state index in [1.807, 2.05) is 12.3 Å². The van der Waals surface area contributed by atoms with E-state index < -0.39 is 0 Å². The van der Waals surface area contributed by atoms with Gasteiger partial charge in [0.15, 0.2) is 0 Å². The van der Waals surface area contributed by atoms with E-state index in [-0.39, 0.29) is 0 Å². The fraction of sp³-hybridized carbons (Fsp3) is 0.471. The molecule has 0 saturated carbocycles. The minimum absolute atomic E-state index is 0.372. The van der Waals surface area contributed by atoms with E-state index in [1.165, 1.54) is 16.8 Å². The lowest BCUT2D eigenvalue weighted by Gasteiger charge is -2.22. The molecule has 4 rings (SSSR count). The summed E-state index contributed by atoms with van der Waals surface area (Å²) >= 11 is 0. The summed E-state index contributed by atoms with van der Waals surface area (Å²) in [5.74, 6) is 1.42. The van der Waals surface area contributed by atoms with Crippen LogP contribution in [0.2, 0.25) is 0 Å². The Balaban J connectivity index is 1.48. The molecule has 1 aromatic heterocycles. The number of nitrogens with zero attached hydrogens (tertiary/aromatic N) is 3. The molecule has 2 aliphatic rings. The summed E-state index contributed by atoms with van der Waals surface area (Å²) in [4.78, 5) is 6.96. The molecule has 1 aromatic carbocycles. The number of benzene rings is 1. The van der Waals surface area contributed by atoms with Gasteiger partial charge in [0.05, 0.1) is 12.3 Å². The van der Waals surface area contributed by atoms with Crippen LogP contribution >= 0.6 is 0 Å². The first-order valence-electron chi connectivity index (χ1n) is 7.94. The molecule has 0 atom stereocenters. The van der Waals surface area contributed by atoms with Crippen molar-refractivity contribution < 1.29 is 9.84 Å². The Hall–Kier alpha value is -1.85. The molecule has 5 heteroatoms. The first-order chi connectivity index (χ1) is 10.8. The molecule has 0 spiro atoms. The van der Waals surface area contributed by atoms with Crippen molar-refractivity contribution in [3.8, 4) is 5.75 Å². The second kappa shape index (κ2) is 5.74. The van der Waals surface area contributed by atoms with E-state index in [1.54, 1.807) is 6.07 Å². The number of phenolic OH excluding ortho intramolecular Hbond substituents is 1. The van der Waals surface area contributed by atoms with Crippen molar-refractivity contribution in [3.63, 3.8) is 0 Å². The fourth-order valence-corrected chi connectivity index (χ4v) is 3.43. The van der Waals surface area contributed by atoms with Crippen LogP contribution in [0.3, 0.4) is 0 Å². The summed E-state index contributed by atoms with van der Waals surface area (Å²) < 4.78 is 7.75. The van der Waals surface area contributed by atoms with Gasteiger partial charge in [-0.2, -0.15) is 0 Å². The fourth-order valence-electron chi connectivity index (χ4n) is 3.43. The van der Waals surface area contributed by atoms with Crippen molar-refractivity contribution in [1.82, 2.24) is 14.5 Å². The number of aromatic hydroxyl groups is 1. The third-order valence-electron chi connectivity index (χ3n) is 4.68. The molecule has 5 nitrogen and oxygen atoms in total. The van der Waals surface area contributed by atoms with Crippen molar-refractivity contribution in [1.29, 1.82) is 0 Å². The summed E-state index contributed by atoms with van der Waals surface area (Å²) in [5, 5.41) is 9.65. The van der Waals surface area contributed by atoms with Gasteiger partial charge in [-0.1, -0.05) is 6.07 Å². The van der Waals surface area contributed by atoms with Crippen LogP contribution in [-0.4, -0.2) is 39.3 Å². The summed E-state index contributed by atoms with van der Waals surface area (Å²) in [6, 6.07) is 5.77. The molecule has 0 radical (unpaired) electrons. The van der Waals surface area contributed by atoms with Crippen LogP contribution in [0.1, 0.15) is 22.6 Å². The average Bonchev–Trinajstić information content (AvgIpc) is 2.83. The van der Waals surface area contributed by atoms with Crippen LogP contribution in [0.25, 0.3) is 0 Å². The molecule has 0 fully saturated rings. The number of aromatic nitrogens is 2. The SMILES string of the molecule is Oc1ccc2c(c1)CCN(Cc1cnc3n1CCOC3)CC2. The third kappa shape index (κ3) is 2.62. The predicted molar refractivity (Wildman–Crippen MR) is 82.7 cm³/mol. The normalized spacial score (nSPS) is 18.5. The molecular formula is C17H21N3O2. The number of fused-ring (bicyclic) bond motifs is 2. The van der Waals surface area contributed by atoms with Crippen LogP contribution in [-0.2, 0) is 37.3 Å². The molecule has 116 valence electrons. The molecular weight excluding hydrogens is 278 g/mol. The lowest BCUT2D eigenvalue weighted by Crippen LogP contribution is -2.28. The van der Waals surface area contributed by atoms with Crippen molar-refractivity contribution in [2.75, 3.05) is 19.7 Å². The number of rotatable bonds is 2. The zero-order valence-corrected chi connectivity index (χ0v) is 12.7. The Morgan fingerprint density at radius 3 is 2.91 bits per heavy atom. The third-order valence-corrected chi connectivity index (χ3v) is 4.68. The lowest BCUT2D eigenvalue weighted by atomic mass is 10.0. The molecule has 3 heterocycles. The minimum atomic E-state index is 0.372. The van der Waals surface area contributed by atoms with Gasteiger partial charge in [0.25, 0.3) is 0 Å². The molecule has 2 aromatic rings. The predicted octanol–water partition coefficient (Wildman–Crippen LogP) is 1.72. The Morgan fingerprint density at radius 2 is 2.00 bits per heavy atom. The van der Waals surface area contributed by atoms with Crippen LogP contribution in [0.15, 0.2) is 24.4 Å². The van der Waals surface area contributed by atoms with Crippen molar-refractivity contribution >= 4 is 0 Å². The van der Waals surface area contributed by atoms with Gasteiger partial charge in [-0.25, -0.2) is 4.98 Å². The molecule has 2 aliphatic heterocycles. The Kier molecular flexibility index (Phi) is 3.60. The Bertz CT molecular complexity index is 681. The van der Waals surface area contributed by atoms with Crippen LogP contribution in [0, 0.1) is 0 Å². The minimum Gasteiger partial charge on any atom is -0.508 e. The van der Waals surface area contributed by atoms with Crippen LogP contribution in [0.5, 0.6) is 5.75 Å². The maximum atomic E-state index is 9.65. The van der Waals surface area contributed by atoms with Gasteiger partial charge in [0.2, 0.25) is 0 Å². The standard InChI is InChI=1S/C17H21N3O2/c21-16-2-1-13-3-5-19(6-4-14(13)9-16)11-15-10-18-17-12-22-8-7-20(15)17/h1-2,9-10,21H,3-8,11-12H2. The highest BCUT2D eigenvalue weighted by atomic mass is 16.5. The number of ether oxygens (including phenoxy) is 1. The van der Waals surface area contributed by atoms with E-state index in [9.17, 15) is 5.11 Å². The number of imidazole rings is 1. The quantitative estimate of drug-likeness (QED) is 0.917. The second-order valence-corrected chi connectivity index (χ2v) is 6.10. The summed E-state index contributed by atoms with van der Waals surface area (Å²) in [6.07, 6.45) is 4.03. The second-order valence-electron chi connectivity index (χ2n) is 6.10. The van der Waals surface area contributed by atoms with Crippen LogP contribution < -0.4 is 0 Å². The zero-order chi connectivity index (χ0) is 14.9. The van der Waals surface area contributed by atoms with Gasteiger partial charge >= 0.3 is 0 Å². The van der Waals surface area contributed by atoms with Gasteiger partial charge in [-0.3, -0.25) is 4.90 Å². The first-order valence-corrected chi connectivity index (χ1v) is 7.94. The zero-order valence-electron chi connectivity index (χ0n) is 12.7. The smallest absolute Gasteiger partial charge is 0.135 e. The van der Waals surface area contributed by atoms with Crippen LogP contribution in [0.4, 0.5) is 0 Å². The monoisotopic (exact) mass is 299 g/mol. The molecule has 0 unspecified atom stereocenters. The maximum Gasteiger partial charge on any atom is 0.135 e. The van der Waals surface area contributed by atoms with Gasteiger partial charge < -0.3 is 14.4 Å². The maximum absolute atomic E-state index is 9.65. The summed E-state index contributed by atoms with van der Waals surface area (Å²) in [5.41, 5.74) is 3.93. The largest absolute Gasteiger partial charge is 0.508 e. The molecule has 0 bridgehead atoms. The summed E-state index contributed by atoms with van der Waals surface area (Å²) in [7, 11) is 0. The van der Waals surface area contributed by atoms with E-state index in [2.05, 4.69) is 20.5 Å². The highest BCUT2D eigenvalue weighted by molar-refractivity contribution is 5.36. The van der Waals surface area contributed by atoms with Crippen molar-refractivity contribution in [2.24, 2.45) is 0 Å². The molecule has 0 saturated heterocycles. The van der Waals surface area contributed by atoms with Gasteiger partial charge in [0, 0.05) is 32.4 Å². The number of phenols is 1. The number of hydrogen-bond donors (Lipinski definition) is 1. The van der Waals surface area contributed by atoms with E-state index in [0.717, 1.165) is 51.5 Å². The van der Waals surface area contributed by atoms with E-state index in [0.29, 0.717) is 12.4 Å². The Labute approximate surface area is 130 Å². The van der Waals surface area contributed by atoms with Gasteiger partial charge in [-0.15, -0.1) is 0 Å². The van der Waals surface area contributed by atoms with Crippen molar-refractivity contribution in [2.45, 2.75) is 32.5 Å². The van der Waals surface area contributed by atoms with E-state index in [4.69, 9.17) is 4.74 Å². The summed E-state index contributed by atoms with van der Waals surface area (Å²) in [6.45, 7) is 5.33. The average molecular weight is 299 g/mol. The molecule has 1 N–H and O–H groups in total. The van der Waals surface area contributed by atoms with Gasteiger partial charge in [0.1, 0.15) is 18.2 Å². The highest BCUT2D eigenvalue weighted by Gasteiger charge is 2.19. The molecule has 0 amide bonds. The lowest BCUT2D eigenvalue weighted by molar-refractivity contribution is 0.0796. The number of hydrogen-bond acceptors (Lipinski definition) is 4. The molecule has 22 heavy (non-hydrogen) atoms. The highest BCUT2D eigenvalue weighted by Crippen LogP contribution is 2.22. The van der Waals surface area contributed by atoms with Gasteiger partial charge in [-0.05, 0) is 36.1 Å². The Morgan fingerprint density at radius 1 is 1.14 bits per heavy atom.